The average Bonchev–Trinajstić information content (AvgIpc) is 2.89. The summed E-state index contributed by atoms with van der Waals surface area (Å²) < 4.78 is 5.47. The predicted molar refractivity (Wildman–Crippen MR) is 92.6 cm³/mol. The van der Waals surface area contributed by atoms with Crippen LogP contribution in [0.2, 0.25) is 5.02 Å². The lowest BCUT2D eigenvalue weighted by atomic mass is 9.82. The van der Waals surface area contributed by atoms with Crippen LogP contribution in [0.5, 0.6) is 0 Å². The molecule has 2 amide bonds. The topological polar surface area (TPSA) is 58.6 Å². The Morgan fingerprint density at radius 2 is 2.08 bits per heavy atom. The maximum absolute atomic E-state index is 12.5. The fourth-order valence-electron chi connectivity index (χ4n) is 3.56. The van der Waals surface area contributed by atoms with Gasteiger partial charge in [0.2, 0.25) is 0 Å². The highest BCUT2D eigenvalue weighted by atomic mass is 35.5. The van der Waals surface area contributed by atoms with Gasteiger partial charge in [-0.2, -0.15) is 0 Å². The van der Waals surface area contributed by atoms with Crippen LogP contribution in [-0.4, -0.2) is 41.6 Å². The van der Waals surface area contributed by atoms with E-state index in [0.29, 0.717) is 23.7 Å². The minimum absolute atomic E-state index is 0.0545. The van der Waals surface area contributed by atoms with Crippen molar-refractivity contribution in [2.75, 3.05) is 13.1 Å². The fraction of sp³-hybridized carbons (Fsp3) is 0.556. The summed E-state index contributed by atoms with van der Waals surface area (Å²) in [5, 5.41) is 3.47. The van der Waals surface area contributed by atoms with Crippen LogP contribution >= 0.6 is 11.6 Å². The summed E-state index contributed by atoms with van der Waals surface area (Å²) in [5.74, 6) is -0.101. The van der Waals surface area contributed by atoms with Crippen molar-refractivity contribution in [3.05, 3.63) is 33.8 Å². The third kappa shape index (κ3) is 2.97. The van der Waals surface area contributed by atoms with Crippen LogP contribution in [0.15, 0.2) is 12.1 Å². The molecule has 0 unspecified atom stereocenters. The lowest BCUT2D eigenvalue weighted by Gasteiger charge is -2.30. The molecule has 3 rings (SSSR count). The number of ether oxygens (including phenoxy) is 1. The van der Waals surface area contributed by atoms with E-state index >= 15 is 0 Å². The van der Waals surface area contributed by atoms with E-state index in [0.717, 1.165) is 17.5 Å². The largest absolute Gasteiger partial charge is 0.444 e. The number of amides is 2. The molecule has 0 aromatic heterocycles. The van der Waals surface area contributed by atoms with E-state index in [2.05, 4.69) is 12.2 Å². The molecule has 2 atom stereocenters. The van der Waals surface area contributed by atoms with Gasteiger partial charge in [-0.15, -0.1) is 0 Å². The Morgan fingerprint density at radius 3 is 2.71 bits per heavy atom. The van der Waals surface area contributed by atoms with E-state index in [-0.39, 0.29) is 24.0 Å². The number of carbonyl (C=O) groups is 2. The average molecular weight is 351 g/mol. The molecule has 0 spiro atoms. The van der Waals surface area contributed by atoms with Gasteiger partial charge in [-0.05, 0) is 44.4 Å². The molecular formula is C18H23ClN2O3. The Morgan fingerprint density at radius 1 is 1.38 bits per heavy atom. The summed E-state index contributed by atoms with van der Waals surface area (Å²) in [6, 6.07) is 3.66. The van der Waals surface area contributed by atoms with E-state index in [1.165, 1.54) is 0 Å². The highest BCUT2D eigenvalue weighted by molar-refractivity contribution is 6.34. The van der Waals surface area contributed by atoms with E-state index in [1.807, 2.05) is 26.8 Å². The lowest BCUT2D eigenvalue weighted by Crippen LogP contribution is -2.45. The van der Waals surface area contributed by atoms with Crippen molar-refractivity contribution >= 4 is 23.6 Å². The first-order valence-electron chi connectivity index (χ1n) is 8.31. The number of rotatable bonds is 1. The molecule has 6 heteroatoms. The van der Waals surface area contributed by atoms with E-state index in [9.17, 15) is 9.59 Å². The number of halogens is 1. The normalized spacial score (nSPS) is 22.7. The number of hydrogen-bond donors (Lipinski definition) is 1. The van der Waals surface area contributed by atoms with Gasteiger partial charge in [0.25, 0.3) is 5.91 Å². The molecule has 1 N–H and O–H groups in total. The first-order chi connectivity index (χ1) is 11.2. The number of likely N-dealkylation sites (tertiary alicyclic amines) is 1. The molecule has 0 saturated carbocycles. The zero-order valence-electron chi connectivity index (χ0n) is 14.5. The minimum Gasteiger partial charge on any atom is -0.444 e. The second-order valence-corrected chi connectivity index (χ2v) is 7.83. The molecule has 1 aromatic carbocycles. The van der Waals surface area contributed by atoms with Crippen molar-refractivity contribution in [3.63, 3.8) is 0 Å². The zero-order chi connectivity index (χ0) is 17.6. The Hall–Kier alpha value is -1.75. The van der Waals surface area contributed by atoms with Gasteiger partial charge in [0.05, 0.1) is 16.6 Å². The summed E-state index contributed by atoms with van der Waals surface area (Å²) >= 11 is 6.28. The predicted octanol–water partition coefficient (Wildman–Crippen LogP) is 3.35. The van der Waals surface area contributed by atoms with Gasteiger partial charge in [-0.1, -0.05) is 24.6 Å². The van der Waals surface area contributed by atoms with E-state index in [1.54, 1.807) is 11.0 Å². The number of fused-ring (bicyclic) bond motifs is 3. The molecule has 2 aliphatic heterocycles. The highest BCUT2D eigenvalue weighted by Crippen LogP contribution is 2.39. The van der Waals surface area contributed by atoms with Crippen LogP contribution in [-0.2, 0) is 11.2 Å². The molecule has 0 aliphatic carbocycles. The lowest BCUT2D eigenvalue weighted by molar-refractivity contribution is 0.0288. The summed E-state index contributed by atoms with van der Waals surface area (Å²) in [6.45, 7) is 8.59. The van der Waals surface area contributed by atoms with Crippen molar-refractivity contribution < 1.29 is 14.3 Å². The van der Waals surface area contributed by atoms with Gasteiger partial charge < -0.3 is 15.0 Å². The molecule has 0 radical (unpaired) electrons. The van der Waals surface area contributed by atoms with Crippen molar-refractivity contribution in [2.24, 2.45) is 0 Å². The van der Waals surface area contributed by atoms with Gasteiger partial charge in [0.15, 0.2) is 0 Å². The number of nitrogens with one attached hydrogen (secondary N) is 1. The van der Waals surface area contributed by atoms with E-state index in [4.69, 9.17) is 16.3 Å². The molecule has 1 aromatic rings. The third-order valence-electron chi connectivity index (χ3n) is 4.55. The number of aryl methyl sites for hydroxylation is 1. The molecule has 5 nitrogen and oxygen atoms in total. The Balaban J connectivity index is 1.93. The van der Waals surface area contributed by atoms with Gasteiger partial charge in [-0.3, -0.25) is 4.79 Å². The SMILES string of the molecule is CCc1ccc(Cl)c2c1[C@H]1CN(C(=O)OC(C)(C)C)C[C@@H]1NC2=O. The summed E-state index contributed by atoms with van der Waals surface area (Å²) in [4.78, 5) is 26.6. The third-order valence-corrected chi connectivity index (χ3v) is 4.87. The van der Waals surface area contributed by atoms with Gasteiger partial charge >= 0.3 is 6.09 Å². The van der Waals surface area contributed by atoms with E-state index < -0.39 is 5.60 Å². The number of hydrogen-bond acceptors (Lipinski definition) is 3. The quantitative estimate of drug-likeness (QED) is 0.845. The second kappa shape index (κ2) is 5.96. The van der Waals surface area contributed by atoms with Gasteiger partial charge in [0, 0.05) is 19.0 Å². The van der Waals surface area contributed by atoms with Crippen LogP contribution in [0.4, 0.5) is 4.79 Å². The first kappa shape index (κ1) is 17.1. The maximum Gasteiger partial charge on any atom is 0.410 e. The van der Waals surface area contributed by atoms with Crippen LogP contribution in [0.25, 0.3) is 0 Å². The molecule has 0 bridgehead atoms. The zero-order valence-corrected chi connectivity index (χ0v) is 15.2. The monoisotopic (exact) mass is 350 g/mol. The smallest absolute Gasteiger partial charge is 0.410 e. The highest BCUT2D eigenvalue weighted by Gasteiger charge is 2.44. The summed E-state index contributed by atoms with van der Waals surface area (Å²) in [7, 11) is 0. The van der Waals surface area contributed by atoms with Crippen molar-refractivity contribution in [1.29, 1.82) is 0 Å². The second-order valence-electron chi connectivity index (χ2n) is 7.42. The standard InChI is InChI=1S/C18H23ClN2O3/c1-5-10-6-7-12(19)15-14(10)11-8-21(9-13(11)20-16(15)22)17(23)24-18(2,3)4/h6-7,11,13H,5,8-9H2,1-4H3,(H,20,22)/t11-,13-/m0/s1. The van der Waals surface area contributed by atoms with Gasteiger partial charge in [0.1, 0.15) is 5.60 Å². The Kier molecular flexibility index (Phi) is 4.24. The minimum atomic E-state index is -0.538. The van der Waals surface area contributed by atoms with Crippen molar-refractivity contribution in [2.45, 2.75) is 51.7 Å². The van der Waals surface area contributed by atoms with Crippen LogP contribution in [0, 0.1) is 0 Å². The fourth-order valence-corrected chi connectivity index (χ4v) is 3.81. The molecule has 24 heavy (non-hydrogen) atoms. The molecule has 1 saturated heterocycles. The molecular weight excluding hydrogens is 328 g/mol. The molecule has 2 aliphatic rings. The number of benzene rings is 1. The van der Waals surface area contributed by atoms with Gasteiger partial charge in [-0.25, -0.2) is 4.79 Å². The molecule has 2 heterocycles. The molecule has 1 fully saturated rings. The first-order valence-corrected chi connectivity index (χ1v) is 8.69. The van der Waals surface area contributed by atoms with Crippen LogP contribution in [0.3, 0.4) is 0 Å². The van der Waals surface area contributed by atoms with Crippen LogP contribution < -0.4 is 5.32 Å². The molecule has 130 valence electrons. The maximum atomic E-state index is 12.5. The number of nitrogens with zero attached hydrogens (tertiary/aromatic N) is 1. The van der Waals surface area contributed by atoms with Crippen LogP contribution in [0.1, 0.15) is 55.1 Å². The number of carbonyl (C=O) groups excluding carboxylic acids is 2. The Bertz CT molecular complexity index is 696. The Labute approximate surface area is 147 Å². The van der Waals surface area contributed by atoms with Crippen molar-refractivity contribution in [3.8, 4) is 0 Å². The summed E-state index contributed by atoms with van der Waals surface area (Å²) in [6.07, 6.45) is 0.482. The summed E-state index contributed by atoms with van der Waals surface area (Å²) in [5.41, 5.74) is 2.13. The van der Waals surface area contributed by atoms with Crippen molar-refractivity contribution in [1.82, 2.24) is 10.2 Å².